The largest absolute Gasteiger partial charge is 0.207 e. The molecule has 2 heteroatoms. The molecule has 0 amide bonds. The zero-order valence-electron chi connectivity index (χ0n) is 13.9. The van der Waals surface area contributed by atoms with Gasteiger partial charge in [0, 0.05) is 11.5 Å². The molecule has 1 saturated carbocycles. The van der Waals surface area contributed by atoms with Crippen molar-refractivity contribution in [2.75, 3.05) is 0 Å². The molecule has 0 heterocycles. The summed E-state index contributed by atoms with van der Waals surface area (Å²) in [6.07, 6.45) is 16.6. The standard InChI is InChI=1S/C21H26F2/c1-2-6-16-7-9-17(10-8-16)21(11-4-3-5-12-21)18-13-19(22)15-20(23)14-18/h3-5,11,13-17H,2,6-10,12H2,1H3/t16-,17-,21?. The zero-order chi connectivity index (χ0) is 16.3. The second kappa shape index (κ2) is 6.98. The topological polar surface area (TPSA) is 0 Å². The maximum Gasteiger partial charge on any atom is 0.126 e. The van der Waals surface area contributed by atoms with E-state index in [0.717, 1.165) is 36.8 Å². The Kier molecular flexibility index (Phi) is 4.99. The van der Waals surface area contributed by atoms with Gasteiger partial charge in [-0.3, -0.25) is 0 Å². The van der Waals surface area contributed by atoms with Crippen LogP contribution in [0, 0.1) is 23.5 Å². The number of allylic oxidation sites excluding steroid dienone is 4. The van der Waals surface area contributed by atoms with Gasteiger partial charge in [0.2, 0.25) is 0 Å². The molecule has 1 fully saturated rings. The van der Waals surface area contributed by atoms with Crippen LogP contribution in [0.1, 0.15) is 57.4 Å². The van der Waals surface area contributed by atoms with Crippen molar-refractivity contribution in [3.63, 3.8) is 0 Å². The number of benzene rings is 1. The van der Waals surface area contributed by atoms with Crippen LogP contribution in [0.3, 0.4) is 0 Å². The van der Waals surface area contributed by atoms with Crippen LogP contribution < -0.4 is 0 Å². The van der Waals surface area contributed by atoms with Gasteiger partial charge in [-0.25, -0.2) is 8.78 Å². The van der Waals surface area contributed by atoms with E-state index in [9.17, 15) is 8.78 Å². The first-order valence-electron chi connectivity index (χ1n) is 8.95. The number of rotatable bonds is 4. The summed E-state index contributed by atoms with van der Waals surface area (Å²) in [6, 6.07) is 4.03. The minimum absolute atomic E-state index is 0.241. The molecule has 1 unspecified atom stereocenters. The molecule has 1 aromatic rings. The number of halogens is 2. The fourth-order valence-corrected chi connectivity index (χ4v) is 4.59. The highest BCUT2D eigenvalue weighted by Gasteiger charge is 2.40. The molecule has 124 valence electrons. The summed E-state index contributed by atoms with van der Waals surface area (Å²) >= 11 is 0. The van der Waals surface area contributed by atoms with Crippen molar-refractivity contribution >= 4 is 0 Å². The third-order valence-corrected chi connectivity index (χ3v) is 5.77. The third-order valence-electron chi connectivity index (χ3n) is 5.77. The lowest BCUT2D eigenvalue weighted by Gasteiger charge is -2.43. The van der Waals surface area contributed by atoms with E-state index in [0.29, 0.717) is 5.92 Å². The van der Waals surface area contributed by atoms with Crippen molar-refractivity contribution in [3.8, 4) is 0 Å². The fourth-order valence-electron chi connectivity index (χ4n) is 4.59. The van der Waals surface area contributed by atoms with Crippen LogP contribution in [0.15, 0.2) is 42.5 Å². The summed E-state index contributed by atoms with van der Waals surface area (Å²) in [5.74, 6) is 0.364. The molecule has 0 bridgehead atoms. The SMILES string of the molecule is CCC[C@H]1CC[C@H](C2(c3cc(F)cc(F)c3)C=CC=CC2)CC1. The summed E-state index contributed by atoms with van der Waals surface area (Å²) < 4.78 is 27.6. The van der Waals surface area contributed by atoms with Crippen LogP contribution in [0.25, 0.3) is 0 Å². The van der Waals surface area contributed by atoms with Gasteiger partial charge in [0.05, 0.1) is 0 Å². The van der Waals surface area contributed by atoms with Crippen molar-refractivity contribution in [2.45, 2.75) is 57.3 Å². The van der Waals surface area contributed by atoms with E-state index in [1.807, 2.05) is 12.2 Å². The van der Waals surface area contributed by atoms with Crippen LogP contribution in [-0.4, -0.2) is 0 Å². The first kappa shape index (κ1) is 16.4. The van der Waals surface area contributed by atoms with Crippen LogP contribution in [0.2, 0.25) is 0 Å². The Morgan fingerprint density at radius 1 is 1.00 bits per heavy atom. The molecule has 0 aromatic heterocycles. The molecule has 1 aromatic carbocycles. The molecule has 3 rings (SSSR count). The van der Waals surface area contributed by atoms with Gasteiger partial charge in [-0.1, -0.05) is 56.9 Å². The molecule has 2 aliphatic rings. The molecule has 0 spiro atoms. The van der Waals surface area contributed by atoms with Gasteiger partial charge in [0.25, 0.3) is 0 Å². The lowest BCUT2D eigenvalue weighted by atomic mass is 9.61. The van der Waals surface area contributed by atoms with E-state index in [4.69, 9.17) is 0 Å². The van der Waals surface area contributed by atoms with E-state index < -0.39 is 11.6 Å². The minimum atomic E-state index is -0.470. The molecule has 2 aliphatic carbocycles. The van der Waals surface area contributed by atoms with Crippen molar-refractivity contribution < 1.29 is 8.78 Å². The number of hydrogen-bond donors (Lipinski definition) is 0. The molecular weight excluding hydrogens is 290 g/mol. The third kappa shape index (κ3) is 3.41. The summed E-state index contributed by atoms with van der Waals surface area (Å²) in [7, 11) is 0. The molecule has 0 saturated heterocycles. The van der Waals surface area contributed by atoms with Gasteiger partial charge in [0.1, 0.15) is 11.6 Å². The van der Waals surface area contributed by atoms with E-state index in [2.05, 4.69) is 19.1 Å². The fraction of sp³-hybridized carbons (Fsp3) is 0.524. The first-order chi connectivity index (χ1) is 11.1. The van der Waals surface area contributed by atoms with Gasteiger partial charge in [0.15, 0.2) is 0 Å². The Morgan fingerprint density at radius 2 is 1.70 bits per heavy atom. The minimum Gasteiger partial charge on any atom is -0.207 e. The Balaban J connectivity index is 1.89. The van der Waals surface area contributed by atoms with Gasteiger partial charge in [-0.2, -0.15) is 0 Å². The average molecular weight is 316 g/mol. The van der Waals surface area contributed by atoms with E-state index in [-0.39, 0.29) is 5.41 Å². The molecular formula is C21H26F2. The second-order valence-electron chi connectivity index (χ2n) is 7.20. The lowest BCUT2D eigenvalue weighted by Crippen LogP contribution is -2.36. The Labute approximate surface area is 138 Å². The van der Waals surface area contributed by atoms with Gasteiger partial charge >= 0.3 is 0 Å². The molecule has 23 heavy (non-hydrogen) atoms. The van der Waals surface area contributed by atoms with Crippen LogP contribution in [0.4, 0.5) is 8.78 Å². The van der Waals surface area contributed by atoms with Crippen LogP contribution >= 0.6 is 0 Å². The van der Waals surface area contributed by atoms with Crippen molar-refractivity contribution in [1.82, 2.24) is 0 Å². The highest BCUT2D eigenvalue weighted by molar-refractivity contribution is 5.37. The monoisotopic (exact) mass is 316 g/mol. The number of hydrogen-bond acceptors (Lipinski definition) is 0. The second-order valence-corrected chi connectivity index (χ2v) is 7.20. The lowest BCUT2D eigenvalue weighted by molar-refractivity contribution is 0.194. The quantitative estimate of drug-likeness (QED) is 0.609. The van der Waals surface area contributed by atoms with Crippen LogP contribution in [0.5, 0.6) is 0 Å². The highest BCUT2D eigenvalue weighted by atomic mass is 19.1. The van der Waals surface area contributed by atoms with Crippen LogP contribution in [-0.2, 0) is 5.41 Å². The van der Waals surface area contributed by atoms with E-state index in [1.165, 1.54) is 37.8 Å². The summed E-state index contributed by atoms with van der Waals surface area (Å²) in [4.78, 5) is 0. The predicted octanol–water partition coefficient (Wildman–Crippen LogP) is 6.33. The van der Waals surface area contributed by atoms with Crippen molar-refractivity contribution in [2.24, 2.45) is 11.8 Å². The molecule has 1 atom stereocenters. The molecule has 0 radical (unpaired) electrons. The van der Waals surface area contributed by atoms with Gasteiger partial charge in [-0.05, 0) is 48.8 Å². The highest BCUT2D eigenvalue weighted by Crippen LogP contribution is 2.48. The van der Waals surface area contributed by atoms with Gasteiger partial charge in [-0.15, -0.1) is 0 Å². The Morgan fingerprint density at radius 3 is 2.26 bits per heavy atom. The summed E-state index contributed by atoms with van der Waals surface area (Å²) in [5.41, 5.74) is 0.559. The van der Waals surface area contributed by atoms with Crippen molar-refractivity contribution in [3.05, 3.63) is 59.7 Å². The molecule has 0 N–H and O–H groups in total. The molecule has 0 nitrogen and oxygen atoms in total. The maximum atomic E-state index is 13.8. The van der Waals surface area contributed by atoms with E-state index >= 15 is 0 Å². The summed E-state index contributed by atoms with van der Waals surface area (Å²) in [5, 5.41) is 0. The smallest absolute Gasteiger partial charge is 0.126 e. The maximum absolute atomic E-state index is 13.8. The average Bonchev–Trinajstić information content (AvgIpc) is 2.55. The van der Waals surface area contributed by atoms with Gasteiger partial charge < -0.3 is 0 Å². The predicted molar refractivity (Wildman–Crippen MR) is 91.3 cm³/mol. The zero-order valence-corrected chi connectivity index (χ0v) is 13.9. The van der Waals surface area contributed by atoms with Crippen molar-refractivity contribution in [1.29, 1.82) is 0 Å². The normalized spacial score (nSPS) is 30.6. The first-order valence-corrected chi connectivity index (χ1v) is 8.95. The Hall–Kier alpha value is -1.44. The summed E-state index contributed by atoms with van der Waals surface area (Å²) in [6.45, 7) is 2.25. The van der Waals surface area contributed by atoms with E-state index in [1.54, 1.807) is 0 Å². The Bertz CT molecular complexity index is 574. The molecule has 0 aliphatic heterocycles.